The van der Waals surface area contributed by atoms with E-state index in [4.69, 9.17) is 15.4 Å². The molecule has 0 aromatic rings. The van der Waals surface area contributed by atoms with Gasteiger partial charge in [0.05, 0.1) is 5.75 Å². The van der Waals surface area contributed by atoms with Gasteiger partial charge in [-0.25, -0.2) is 0 Å². The second kappa shape index (κ2) is 6.40. The van der Waals surface area contributed by atoms with Crippen molar-refractivity contribution in [2.75, 3.05) is 12.3 Å². The van der Waals surface area contributed by atoms with Crippen molar-refractivity contribution >= 4 is 22.0 Å². The summed E-state index contributed by atoms with van der Waals surface area (Å²) >= 11 is 0. The van der Waals surface area contributed by atoms with Gasteiger partial charge in [0.2, 0.25) is 5.91 Å². The van der Waals surface area contributed by atoms with E-state index >= 15 is 0 Å². The maximum absolute atomic E-state index is 10.6. The first-order valence-corrected chi connectivity index (χ1v) is 6.03. The van der Waals surface area contributed by atoms with E-state index in [0.29, 0.717) is 0 Å². The number of amides is 1. The van der Waals surface area contributed by atoms with Crippen LogP contribution in [0.2, 0.25) is 0 Å². The van der Waals surface area contributed by atoms with Gasteiger partial charge in [0.1, 0.15) is 6.04 Å². The Balaban J connectivity index is 4.05. The van der Waals surface area contributed by atoms with Crippen molar-refractivity contribution in [1.29, 1.82) is 0 Å². The molecule has 0 heterocycles. The average molecular weight is 254 g/mol. The van der Waals surface area contributed by atoms with Gasteiger partial charge in [-0.2, -0.15) is 8.42 Å². The van der Waals surface area contributed by atoms with E-state index in [1.54, 1.807) is 0 Å². The summed E-state index contributed by atoms with van der Waals surface area (Å²) in [6, 6.07) is -1.06. The first-order chi connectivity index (χ1) is 7.22. The summed E-state index contributed by atoms with van der Waals surface area (Å²) < 4.78 is 29.1. The van der Waals surface area contributed by atoms with Crippen molar-refractivity contribution in [3.8, 4) is 0 Å². The minimum Gasteiger partial charge on any atom is -0.480 e. The molecule has 0 aliphatic heterocycles. The van der Waals surface area contributed by atoms with Crippen molar-refractivity contribution in [2.45, 2.75) is 18.9 Å². The molecule has 0 saturated carbocycles. The molecule has 0 aromatic carbocycles. The van der Waals surface area contributed by atoms with Crippen molar-refractivity contribution in [3.63, 3.8) is 0 Å². The molecule has 0 rings (SSSR count). The summed E-state index contributed by atoms with van der Waals surface area (Å²) in [7, 11) is -4.12. The number of nitrogens with one attached hydrogen (secondary N) is 1. The van der Waals surface area contributed by atoms with Crippen LogP contribution in [0.25, 0.3) is 0 Å². The topological polar surface area (TPSA) is 147 Å². The average Bonchev–Trinajstić information content (AvgIpc) is 2.07. The van der Waals surface area contributed by atoms with Gasteiger partial charge in [-0.15, -0.1) is 0 Å². The number of nitrogens with two attached hydrogens (primary N) is 1. The van der Waals surface area contributed by atoms with E-state index in [9.17, 15) is 18.0 Å². The van der Waals surface area contributed by atoms with Crippen molar-refractivity contribution in [1.82, 2.24) is 5.32 Å². The summed E-state index contributed by atoms with van der Waals surface area (Å²) in [5.41, 5.74) is 4.84. The van der Waals surface area contributed by atoms with E-state index in [-0.39, 0.29) is 19.4 Å². The normalized spacial score (nSPS) is 13.3. The van der Waals surface area contributed by atoms with Gasteiger partial charge >= 0.3 is 5.97 Å². The first kappa shape index (κ1) is 14.8. The van der Waals surface area contributed by atoms with Crippen molar-refractivity contribution in [3.05, 3.63) is 0 Å². The minimum absolute atomic E-state index is 0.0316. The monoisotopic (exact) mass is 254 g/mol. The predicted octanol–water partition coefficient (Wildman–Crippen LogP) is -1.82. The van der Waals surface area contributed by atoms with Gasteiger partial charge in [0, 0.05) is 13.0 Å². The summed E-state index contributed by atoms with van der Waals surface area (Å²) in [5.74, 6) is -2.44. The second-order valence-corrected chi connectivity index (χ2v) is 4.71. The van der Waals surface area contributed by atoms with Gasteiger partial charge < -0.3 is 16.2 Å². The van der Waals surface area contributed by atoms with Gasteiger partial charge in [0.25, 0.3) is 10.1 Å². The van der Waals surface area contributed by atoms with E-state index < -0.39 is 33.8 Å². The highest BCUT2D eigenvalue weighted by Crippen LogP contribution is 1.97. The molecule has 1 atom stereocenters. The molecule has 0 aliphatic carbocycles. The number of aliphatic carboxylic acids is 1. The quantitative estimate of drug-likeness (QED) is 0.373. The Bertz CT molecular complexity index is 352. The largest absolute Gasteiger partial charge is 0.480 e. The Hall–Kier alpha value is -1.19. The molecule has 0 aliphatic rings. The highest BCUT2D eigenvalue weighted by molar-refractivity contribution is 7.85. The Kier molecular flexibility index (Phi) is 5.93. The van der Waals surface area contributed by atoms with E-state index in [1.807, 2.05) is 0 Å². The molecule has 0 radical (unpaired) electrons. The maximum atomic E-state index is 10.6. The van der Waals surface area contributed by atoms with Crippen LogP contribution in [0.5, 0.6) is 0 Å². The Labute approximate surface area is 92.6 Å². The minimum atomic E-state index is -4.12. The highest BCUT2D eigenvalue weighted by Gasteiger charge is 2.18. The fourth-order valence-electron chi connectivity index (χ4n) is 0.962. The maximum Gasteiger partial charge on any atom is 0.320 e. The molecule has 8 nitrogen and oxygen atoms in total. The summed E-state index contributed by atoms with van der Waals surface area (Å²) in [6.45, 7) is -0.214. The fourth-order valence-corrected chi connectivity index (χ4v) is 1.34. The van der Waals surface area contributed by atoms with Crippen LogP contribution in [0.1, 0.15) is 12.8 Å². The third-order valence-electron chi connectivity index (χ3n) is 1.73. The fraction of sp³-hybridized carbons (Fsp3) is 0.714. The lowest BCUT2D eigenvalue weighted by Gasteiger charge is -2.12. The lowest BCUT2D eigenvalue weighted by molar-refractivity contribution is -0.139. The number of carbonyl (C=O) groups excluding carboxylic acids is 1. The van der Waals surface area contributed by atoms with Crippen LogP contribution in [-0.2, 0) is 19.7 Å². The molecule has 5 N–H and O–H groups in total. The van der Waals surface area contributed by atoms with E-state index in [1.165, 1.54) is 0 Å². The molecule has 0 spiro atoms. The molecular weight excluding hydrogens is 240 g/mol. The number of carboxylic acids is 1. The summed E-state index contributed by atoms with van der Waals surface area (Å²) in [5, 5.41) is 11.1. The van der Waals surface area contributed by atoms with Gasteiger partial charge in [-0.05, 0) is 6.42 Å². The third-order valence-corrected chi connectivity index (χ3v) is 2.45. The van der Waals surface area contributed by atoms with E-state index in [0.717, 1.165) is 0 Å². The number of carboxylic acid groups (broad SMARTS) is 1. The molecule has 1 amide bonds. The second-order valence-electron chi connectivity index (χ2n) is 3.14. The smallest absolute Gasteiger partial charge is 0.320 e. The van der Waals surface area contributed by atoms with Gasteiger partial charge in [0.15, 0.2) is 0 Å². The standard InChI is InChI=1S/C7H14N2O6S/c8-6(10)2-1-5(7(11)12)9-3-4-16(13,14)15/h5,9H,1-4H2,(H2,8,10)(H,11,12)(H,13,14,15)/t5-/m0/s1. The number of hydrogen-bond acceptors (Lipinski definition) is 5. The first-order valence-electron chi connectivity index (χ1n) is 4.42. The molecule has 9 heteroatoms. The Morgan fingerprint density at radius 1 is 1.38 bits per heavy atom. The SMILES string of the molecule is NC(=O)CC[C@H](NCCS(=O)(=O)O)C(=O)O. The zero-order valence-corrected chi connectivity index (χ0v) is 9.24. The van der Waals surface area contributed by atoms with Crippen molar-refractivity contribution in [2.24, 2.45) is 5.73 Å². The van der Waals surface area contributed by atoms with Crippen LogP contribution >= 0.6 is 0 Å². The zero-order valence-electron chi connectivity index (χ0n) is 8.42. The van der Waals surface area contributed by atoms with Gasteiger partial charge in [-0.1, -0.05) is 0 Å². The number of rotatable bonds is 8. The van der Waals surface area contributed by atoms with Crippen LogP contribution in [0.15, 0.2) is 0 Å². The van der Waals surface area contributed by atoms with Crippen LogP contribution in [0.4, 0.5) is 0 Å². The van der Waals surface area contributed by atoms with Crippen LogP contribution < -0.4 is 11.1 Å². The molecule has 0 bridgehead atoms. The highest BCUT2D eigenvalue weighted by atomic mass is 32.2. The van der Waals surface area contributed by atoms with E-state index in [2.05, 4.69) is 5.32 Å². The zero-order chi connectivity index (χ0) is 12.8. The molecular formula is C7H14N2O6S. The van der Waals surface area contributed by atoms with Crippen LogP contribution in [-0.4, -0.2) is 48.3 Å². The third kappa shape index (κ3) is 8.15. The molecule has 0 aromatic heterocycles. The number of primary amides is 1. The number of carbonyl (C=O) groups is 2. The predicted molar refractivity (Wildman–Crippen MR) is 54.3 cm³/mol. The summed E-state index contributed by atoms with van der Waals surface area (Å²) in [6.07, 6.45) is -0.147. The molecule has 0 unspecified atom stereocenters. The summed E-state index contributed by atoms with van der Waals surface area (Å²) in [4.78, 5) is 21.1. The Morgan fingerprint density at radius 3 is 2.31 bits per heavy atom. The molecule has 16 heavy (non-hydrogen) atoms. The Morgan fingerprint density at radius 2 is 1.94 bits per heavy atom. The van der Waals surface area contributed by atoms with Crippen molar-refractivity contribution < 1.29 is 27.7 Å². The molecule has 0 saturated heterocycles. The van der Waals surface area contributed by atoms with Gasteiger partial charge in [-0.3, -0.25) is 14.1 Å². The molecule has 0 fully saturated rings. The van der Waals surface area contributed by atoms with Crippen LogP contribution in [0, 0.1) is 0 Å². The molecule has 94 valence electrons. The lowest BCUT2D eigenvalue weighted by Crippen LogP contribution is -2.39. The number of hydrogen-bond donors (Lipinski definition) is 4. The van der Waals surface area contributed by atoms with Crippen LogP contribution in [0.3, 0.4) is 0 Å². The lowest BCUT2D eigenvalue weighted by atomic mass is 10.1.